The molecular formula is C17H15Cl2NO2. The Morgan fingerprint density at radius 3 is 2.36 bits per heavy atom. The molecule has 114 valence electrons. The first-order valence-corrected chi connectivity index (χ1v) is 7.38. The van der Waals surface area contributed by atoms with Crippen LogP contribution in [0, 0.1) is 0 Å². The lowest BCUT2D eigenvalue weighted by Crippen LogP contribution is -2.20. The quantitative estimate of drug-likeness (QED) is 0.826. The van der Waals surface area contributed by atoms with Crippen molar-refractivity contribution in [2.75, 3.05) is 7.11 Å². The van der Waals surface area contributed by atoms with Crippen molar-refractivity contribution in [1.82, 2.24) is 5.32 Å². The first-order chi connectivity index (χ1) is 10.6. The van der Waals surface area contributed by atoms with Crippen LogP contribution in [0.15, 0.2) is 48.5 Å². The van der Waals surface area contributed by atoms with Crippen LogP contribution in [0.4, 0.5) is 0 Å². The van der Waals surface area contributed by atoms with Crippen LogP contribution in [0.5, 0.6) is 5.75 Å². The minimum absolute atomic E-state index is 0.216. The minimum atomic E-state index is -0.216. The summed E-state index contributed by atoms with van der Waals surface area (Å²) < 4.78 is 5.08. The molecule has 0 saturated heterocycles. The molecule has 0 heterocycles. The molecule has 1 amide bonds. The number of hydrogen-bond acceptors (Lipinski definition) is 2. The summed E-state index contributed by atoms with van der Waals surface area (Å²) in [5, 5.41) is 3.81. The van der Waals surface area contributed by atoms with Gasteiger partial charge in [0, 0.05) is 28.2 Å². The van der Waals surface area contributed by atoms with E-state index in [0.29, 0.717) is 22.2 Å². The number of halogens is 2. The highest BCUT2D eigenvalue weighted by molar-refractivity contribution is 6.37. The summed E-state index contributed by atoms with van der Waals surface area (Å²) in [4.78, 5) is 11.8. The van der Waals surface area contributed by atoms with Crippen molar-refractivity contribution in [3.05, 3.63) is 69.7 Å². The van der Waals surface area contributed by atoms with E-state index in [2.05, 4.69) is 5.32 Å². The third-order valence-electron chi connectivity index (χ3n) is 3.03. The standard InChI is InChI=1S/C17H15Cl2NO2/c1-22-13-7-5-12(6-8-13)11-20-17(21)10-9-14-15(18)3-2-4-16(14)19/h2-10H,11H2,1H3,(H,20,21)/b10-9-. The monoisotopic (exact) mass is 335 g/mol. The molecule has 22 heavy (non-hydrogen) atoms. The predicted molar refractivity (Wildman–Crippen MR) is 90.3 cm³/mol. The van der Waals surface area contributed by atoms with E-state index in [0.717, 1.165) is 11.3 Å². The molecule has 0 atom stereocenters. The maximum Gasteiger partial charge on any atom is 0.244 e. The molecule has 3 nitrogen and oxygen atoms in total. The number of nitrogens with one attached hydrogen (secondary N) is 1. The van der Waals surface area contributed by atoms with E-state index in [1.54, 1.807) is 31.4 Å². The molecule has 0 saturated carbocycles. The van der Waals surface area contributed by atoms with Gasteiger partial charge in [0.1, 0.15) is 5.75 Å². The normalized spacial score (nSPS) is 10.7. The smallest absolute Gasteiger partial charge is 0.244 e. The van der Waals surface area contributed by atoms with Crippen LogP contribution in [0.25, 0.3) is 6.08 Å². The van der Waals surface area contributed by atoms with E-state index in [-0.39, 0.29) is 5.91 Å². The van der Waals surface area contributed by atoms with E-state index in [9.17, 15) is 4.79 Å². The van der Waals surface area contributed by atoms with Crippen LogP contribution < -0.4 is 10.1 Å². The summed E-state index contributed by atoms with van der Waals surface area (Å²) >= 11 is 12.1. The van der Waals surface area contributed by atoms with Crippen molar-refractivity contribution in [2.24, 2.45) is 0 Å². The summed E-state index contributed by atoms with van der Waals surface area (Å²) in [6, 6.07) is 12.7. The SMILES string of the molecule is COc1ccc(CNC(=O)/C=C\c2c(Cl)cccc2Cl)cc1. The average molecular weight is 336 g/mol. The molecule has 0 unspecified atom stereocenters. The lowest BCUT2D eigenvalue weighted by molar-refractivity contribution is -0.116. The molecule has 5 heteroatoms. The highest BCUT2D eigenvalue weighted by Gasteiger charge is 2.03. The van der Waals surface area contributed by atoms with Gasteiger partial charge in [0.15, 0.2) is 0 Å². The van der Waals surface area contributed by atoms with Gasteiger partial charge in [-0.15, -0.1) is 0 Å². The summed E-state index contributed by atoms with van der Waals surface area (Å²) in [5.41, 5.74) is 1.61. The van der Waals surface area contributed by atoms with Gasteiger partial charge >= 0.3 is 0 Å². The second-order valence-electron chi connectivity index (χ2n) is 4.53. The Morgan fingerprint density at radius 2 is 1.77 bits per heavy atom. The molecule has 1 N–H and O–H groups in total. The maximum absolute atomic E-state index is 11.8. The predicted octanol–water partition coefficient (Wildman–Crippen LogP) is 4.33. The molecule has 2 aromatic carbocycles. The molecule has 0 aliphatic rings. The zero-order valence-electron chi connectivity index (χ0n) is 12.0. The Balaban J connectivity index is 1.93. The van der Waals surface area contributed by atoms with Crippen LogP contribution in [0.1, 0.15) is 11.1 Å². The van der Waals surface area contributed by atoms with Crippen molar-refractivity contribution in [2.45, 2.75) is 6.54 Å². The molecule has 0 aliphatic carbocycles. The summed E-state index contributed by atoms with van der Waals surface area (Å²) in [5.74, 6) is 0.565. The minimum Gasteiger partial charge on any atom is -0.497 e. The second-order valence-corrected chi connectivity index (χ2v) is 5.35. The topological polar surface area (TPSA) is 38.3 Å². The molecular weight excluding hydrogens is 321 g/mol. The Bertz CT molecular complexity index is 661. The largest absolute Gasteiger partial charge is 0.497 e. The van der Waals surface area contributed by atoms with E-state index in [4.69, 9.17) is 27.9 Å². The van der Waals surface area contributed by atoms with Crippen molar-refractivity contribution in [3.8, 4) is 5.75 Å². The van der Waals surface area contributed by atoms with Crippen LogP contribution >= 0.6 is 23.2 Å². The lowest BCUT2D eigenvalue weighted by atomic mass is 10.2. The zero-order valence-corrected chi connectivity index (χ0v) is 13.5. The number of ether oxygens (including phenoxy) is 1. The number of carbonyl (C=O) groups is 1. The Hall–Kier alpha value is -1.97. The van der Waals surface area contributed by atoms with Gasteiger partial charge < -0.3 is 10.1 Å². The highest BCUT2D eigenvalue weighted by atomic mass is 35.5. The summed E-state index contributed by atoms with van der Waals surface area (Å²) in [6.45, 7) is 0.434. The molecule has 0 aliphatic heterocycles. The van der Waals surface area contributed by atoms with Gasteiger partial charge in [-0.3, -0.25) is 4.79 Å². The molecule has 2 rings (SSSR count). The molecule has 0 aromatic heterocycles. The van der Waals surface area contributed by atoms with E-state index < -0.39 is 0 Å². The fraction of sp³-hybridized carbons (Fsp3) is 0.118. The second kappa shape index (κ2) is 7.87. The fourth-order valence-corrected chi connectivity index (χ4v) is 2.34. The van der Waals surface area contributed by atoms with E-state index >= 15 is 0 Å². The van der Waals surface area contributed by atoms with Crippen molar-refractivity contribution < 1.29 is 9.53 Å². The third kappa shape index (κ3) is 4.52. The zero-order chi connectivity index (χ0) is 15.9. The molecule has 0 radical (unpaired) electrons. The third-order valence-corrected chi connectivity index (χ3v) is 3.69. The van der Waals surface area contributed by atoms with Gasteiger partial charge in [-0.2, -0.15) is 0 Å². The Kier molecular flexibility index (Phi) is 5.87. The maximum atomic E-state index is 11.8. The molecule has 2 aromatic rings. The number of benzene rings is 2. The van der Waals surface area contributed by atoms with E-state index in [1.807, 2.05) is 24.3 Å². The Morgan fingerprint density at radius 1 is 1.14 bits per heavy atom. The van der Waals surface area contributed by atoms with Crippen LogP contribution in [-0.4, -0.2) is 13.0 Å². The highest BCUT2D eigenvalue weighted by Crippen LogP contribution is 2.25. The van der Waals surface area contributed by atoms with Crippen molar-refractivity contribution in [1.29, 1.82) is 0 Å². The van der Waals surface area contributed by atoms with Crippen LogP contribution in [0.2, 0.25) is 10.0 Å². The van der Waals surface area contributed by atoms with Gasteiger partial charge in [-0.1, -0.05) is 41.4 Å². The van der Waals surface area contributed by atoms with Gasteiger partial charge in [-0.05, 0) is 35.9 Å². The number of carbonyl (C=O) groups excluding carboxylic acids is 1. The van der Waals surface area contributed by atoms with Crippen molar-refractivity contribution >= 4 is 35.2 Å². The number of methoxy groups -OCH3 is 1. The molecule has 0 fully saturated rings. The lowest BCUT2D eigenvalue weighted by Gasteiger charge is -2.05. The van der Waals surface area contributed by atoms with Crippen LogP contribution in [-0.2, 0) is 11.3 Å². The summed E-state index contributed by atoms with van der Waals surface area (Å²) in [7, 11) is 1.61. The first-order valence-electron chi connectivity index (χ1n) is 6.63. The fourth-order valence-electron chi connectivity index (χ4n) is 1.82. The van der Waals surface area contributed by atoms with Gasteiger partial charge in [0.2, 0.25) is 5.91 Å². The van der Waals surface area contributed by atoms with Crippen molar-refractivity contribution in [3.63, 3.8) is 0 Å². The van der Waals surface area contributed by atoms with E-state index in [1.165, 1.54) is 6.08 Å². The first kappa shape index (κ1) is 16.4. The average Bonchev–Trinajstić information content (AvgIpc) is 2.53. The van der Waals surface area contributed by atoms with Gasteiger partial charge in [0.05, 0.1) is 7.11 Å². The molecule has 0 spiro atoms. The summed E-state index contributed by atoms with van der Waals surface area (Å²) in [6.07, 6.45) is 3.02. The number of rotatable bonds is 5. The molecule has 0 bridgehead atoms. The number of amides is 1. The van der Waals surface area contributed by atoms with Crippen LogP contribution in [0.3, 0.4) is 0 Å². The van der Waals surface area contributed by atoms with Gasteiger partial charge in [0.25, 0.3) is 0 Å². The Labute approximate surface area is 139 Å². The number of hydrogen-bond donors (Lipinski definition) is 1. The van der Waals surface area contributed by atoms with Gasteiger partial charge in [-0.25, -0.2) is 0 Å².